The summed E-state index contributed by atoms with van der Waals surface area (Å²) in [7, 11) is 0. The second-order valence-corrected chi connectivity index (χ2v) is 7.55. The Kier molecular flexibility index (Phi) is 5.90. The highest BCUT2D eigenvalue weighted by molar-refractivity contribution is 8.21. The number of thioether (sulfide) groups is 2. The van der Waals surface area contributed by atoms with Crippen LogP contribution in [0.1, 0.15) is 46.0 Å². The molecular formula is C11H21NOS2. The van der Waals surface area contributed by atoms with Gasteiger partial charge in [0.1, 0.15) is 0 Å². The van der Waals surface area contributed by atoms with Crippen molar-refractivity contribution in [3.63, 3.8) is 0 Å². The van der Waals surface area contributed by atoms with Gasteiger partial charge < -0.3 is 5.21 Å². The summed E-state index contributed by atoms with van der Waals surface area (Å²) < 4.78 is 0.363. The number of hydrogen-bond donors (Lipinski definition) is 1. The van der Waals surface area contributed by atoms with E-state index in [4.69, 9.17) is 5.21 Å². The zero-order valence-electron chi connectivity index (χ0n) is 9.66. The lowest BCUT2D eigenvalue weighted by Crippen LogP contribution is -2.13. The van der Waals surface area contributed by atoms with Crippen LogP contribution >= 0.6 is 23.5 Å². The molecule has 0 aromatic rings. The Bertz CT molecular complexity index is 213. The molecule has 4 heteroatoms. The first-order valence-corrected chi connectivity index (χ1v) is 7.65. The van der Waals surface area contributed by atoms with Crippen LogP contribution in [0.3, 0.4) is 0 Å². The summed E-state index contributed by atoms with van der Waals surface area (Å²) in [5, 5.41) is 12.3. The van der Waals surface area contributed by atoms with Gasteiger partial charge in [-0.05, 0) is 32.6 Å². The van der Waals surface area contributed by atoms with Crippen LogP contribution in [0.15, 0.2) is 5.16 Å². The van der Waals surface area contributed by atoms with E-state index in [0.29, 0.717) is 4.08 Å². The van der Waals surface area contributed by atoms with Crippen LogP contribution in [0.2, 0.25) is 0 Å². The summed E-state index contributed by atoms with van der Waals surface area (Å²) >= 11 is 4.09. The molecule has 1 fully saturated rings. The highest BCUT2D eigenvalue weighted by Gasteiger charge is 2.30. The Morgan fingerprint density at radius 2 is 2.00 bits per heavy atom. The van der Waals surface area contributed by atoms with E-state index >= 15 is 0 Å². The Morgan fingerprint density at radius 1 is 1.33 bits per heavy atom. The number of oxime groups is 1. The SMILES string of the molecule is CCCC/C(CCC1(C)SCCS1)=N\O. The normalized spacial score (nSPS) is 20.8. The van der Waals surface area contributed by atoms with Crippen molar-refractivity contribution < 1.29 is 5.21 Å². The van der Waals surface area contributed by atoms with Crippen molar-refractivity contribution in [1.29, 1.82) is 0 Å². The molecule has 0 amide bonds. The van der Waals surface area contributed by atoms with Gasteiger partial charge in [-0.2, -0.15) is 0 Å². The van der Waals surface area contributed by atoms with Crippen molar-refractivity contribution >= 4 is 29.2 Å². The van der Waals surface area contributed by atoms with Crippen LogP contribution < -0.4 is 0 Å². The van der Waals surface area contributed by atoms with E-state index in [-0.39, 0.29) is 0 Å². The van der Waals surface area contributed by atoms with Gasteiger partial charge in [0.15, 0.2) is 0 Å². The van der Waals surface area contributed by atoms with Gasteiger partial charge in [0.2, 0.25) is 0 Å². The van der Waals surface area contributed by atoms with Crippen molar-refractivity contribution in [1.82, 2.24) is 0 Å². The third kappa shape index (κ3) is 4.68. The predicted octanol–water partition coefficient (Wildman–Crippen LogP) is 3.98. The predicted molar refractivity (Wildman–Crippen MR) is 71.3 cm³/mol. The van der Waals surface area contributed by atoms with Crippen molar-refractivity contribution in [2.75, 3.05) is 11.5 Å². The van der Waals surface area contributed by atoms with Crippen LogP contribution in [0.25, 0.3) is 0 Å². The Labute approximate surface area is 101 Å². The molecule has 0 aromatic heterocycles. The molecule has 0 aliphatic carbocycles. The summed E-state index contributed by atoms with van der Waals surface area (Å²) in [6, 6.07) is 0. The fourth-order valence-corrected chi connectivity index (χ4v) is 4.53. The standard InChI is InChI=1S/C11H21NOS2/c1-3-4-5-10(12-13)6-7-11(2)14-8-9-15-11/h13H,3-9H2,1-2H3/b12-10+. The van der Waals surface area contributed by atoms with E-state index in [1.54, 1.807) is 0 Å². The summed E-state index contributed by atoms with van der Waals surface area (Å²) in [6.07, 6.45) is 5.34. The lowest BCUT2D eigenvalue weighted by Gasteiger charge is -2.21. The molecule has 1 N–H and O–H groups in total. The number of unbranched alkanes of at least 4 members (excludes halogenated alkanes) is 1. The van der Waals surface area contributed by atoms with E-state index in [2.05, 4.69) is 19.0 Å². The van der Waals surface area contributed by atoms with Crippen molar-refractivity contribution in [2.24, 2.45) is 5.16 Å². The summed E-state index contributed by atoms with van der Waals surface area (Å²) in [5.74, 6) is 2.53. The molecule has 0 spiro atoms. The maximum Gasteiger partial charge on any atom is 0.0587 e. The highest BCUT2D eigenvalue weighted by Crippen LogP contribution is 2.46. The van der Waals surface area contributed by atoms with Crippen LogP contribution in [0, 0.1) is 0 Å². The van der Waals surface area contributed by atoms with Gasteiger partial charge in [-0.1, -0.05) is 18.5 Å². The van der Waals surface area contributed by atoms with E-state index in [9.17, 15) is 0 Å². The zero-order valence-corrected chi connectivity index (χ0v) is 11.3. The lowest BCUT2D eigenvalue weighted by atomic mass is 10.1. The molecule has 1 saturated heterocycles. The molecule has 0 atom stereocenters. The van der Waals surface area contributed by atoms with E-state index < -0.39 is 0 Å². The fourth-order valence-electron chi connectivity index (χ4n) is 1.68. The van der Waals surface area contributed by atoms with E-state index in [0.717, 1.165) is 31.4 Å². The smallest absolute Gasteiger partial charge is 0.0587 e. The van der Waals surface area contributed by atoms with Gasteiger partial charge in [-0.15, -0.1) is 23.5 Å². The average Bonchev–Trinajstić information content (AvgIpc) is 2.66. The topological polar surface area (TPSA) is 32.6 Å². The van der Waals surface area contributed by atoms with E-state index in [1.807, 2.05) is 23.5 Å². The molecule has 1 rings (SSSR count). The van der Waals surface area contributed by atoms with Crippen LogP contribution in [0.4, 0.5) is 0 Å². The molecule has 0 bridgehead atoms. The molecule has 1 heterocycles. The molecule has 1 aliphatic rings. The van der Waals surface area contributed by atoms with Crippen molar-refractivity contribution in [3.8, 4) is 0 Å². The minimum Gasteiger partial charge on any atom is -0.411 e. The fraction of sp³-hybridized carbons (Fsp3) is 0.909. The van der Waals surface area contributed by atoms with Gasteiger partial charge in [-0.25, -0.2) is 0 Å². The molecule has 2 nitrogen and oxygen atoms in total. The maximum absolute atomic E-state index is 8.88. The minimum atomic E-state index is 0.363. The molecule has 0 radical (unpaired) electrons. The monoisotopic (exact) mass is 247 g/mol. The third-order valence-corrected chi connectivity index (χ3v) is 6.14. The molecule has 1 aliphatic heterocycles. The van der Waals surface area contributed by atoms with Crippen LogP contribution in [-0.4, -0.2) is 26.5 Å². The largest absolute Gasteiger partial charge is 0.411 e. The molecule has 88 valence electrons. The van der Waals surface area contributed by atoms with Crippen molar-refractivity contribution in [3.05, 3.63) is 0 Å². The first-order chi connectivity index (χ1) is 7.20. The first-order valence-electron chi connectivity index (χ1n) is 5.68. The maximum atomic E-state index is 8.88. The highest BCUT2D eigenvalue weighted by atomic mass is 32.2. The molecule has 0 aromatic carbocycles. The second kappa shape index (κ2) is 6.69. The first kappa shape index (κ1) is 13.2. The average molecular weight is 247 g/mol. The van der Waals surface area contributed by atoms with Crippen LogP contribution in [0.5, 0.6) is 0 Å². The lowest BCUT2D eigenvalue weighted by molar-refractivity contribution is 0.315. The number of hydrogen-bond acceptors (Lipinski definition) is 4. The van der Waals surface area contributed by atoms with E-state index in [1.165, 1.54) is 17.9 Å². The summed E-state index contributed by atoms with van der Waals surface area (Å²) in [6.45, 7) is 4.48. The van der Waals surface area contributed by atoms with Gasteiger partial charge in [0.05, 0.1) is 9.79 Å². The Balaban J connectivity index is 2.27. The van der Waals surface area contributed by atoms with Gasteiger partial charge >= 0.3 is 0 Å². The van der Waals surface area contributed by atoms with Crippen LogP contribution in [-0.2, 0) is 0 Å². The number of rotatable bonds is 6. The Morgan fingerprint density at radius 3 is 2.53 bits per heavy atom. The van der Waals surface area contributed by atoms with Gasteiger partial charge in [0, 0.05) is 11.5 Å². The Hall–Kier alpha value is 0.170. The quantitative estimate of drug-likeness (QED) is 0.438. The van der Waals surface area contributed by atoms with Gasteiger partial charge in [0.25, 0.3) is 0 Å². The molecule has 0 saturated carbocycles. The summed E-state index contributed by atoms with van der Waals surface area (Å²) in [4.78, 5) is 0. The third-order valence-electron chi connectivity index (χ3n) is 2.73. The minimum absolute atomic E-state index is 0.363. The number of nitrogens with zero attached hydrogens (tertiary/aromatic N) is 1. The zero-order chi connectivity index (χ0) is 11.1. The molecule has 0 unspecified atom stereocenters. The second-order valence-electron chi connectivity index (χ2n) is 4.10. The van der Waals surface area contributed by atoms with Gasteiger partial charge in [-0.3, -0.25) is 0 Å². The molecular weight excluding hydrogens is 226 g/mol. The van der Waals surface area contributed by atoms with Crippen molar-refractivity contribution in [2.45, 2.75) is 50.0 Å². The molecule has 15 heavy (non-hydrogen) atoms. The summed E-state index contributed by atoms with van der Waals surface area (Å²) in [5.41, 5.74) is 0.978.